The fourth-order valence-electron chi connectivity index (χ4n) is 3.71. The minimum atomic E-state index is -0.913. The quantitative estimate of drug-likeness (QED) is 0.273. The van der Waals surface area contributed by atoms with Crippen LogP contribution in [0.15, 0.2) is 72.8 Å². The third-order valence-corrected chi connectivity index (χ3v) is 6.59. The number of carbonyl (C=O) groups is 2. The van der Waals surface area contributed by atoms with Gasteiger partial charge >= 0.3 is 12.0 Å². The Kier molecular flexibility index (Phi) is 8.06. The van der Waals surface area contributed by atoms with Crippen molar-refractivity contribution >= 4 is 34.1 Å². The molecular weight excluding hydrogens is 491 g/mol. The molecule has 0 radical (unpaired) electrons. The molecule has 0 unspecified atom stereocenters. The van der Waals surface area contributed by atoms with Crippen LogP contribution in [0.5, 0.6) is 5.75 Å². The van der Waals surface area contributed by atoms with Gasteiger partial charge in [0.15, 0.2) is 0 Å². The van der Waals surface area contributed by atoms with Crippen molar-refractivity contribution < 1.29 is 23.6 Å². The summed E-state index contributed by atoms with van der Waals surface area (Å²) >= 11 is 1.50. The highest BCUT2D eigenvalue weighted by molar-refractivity contribution is 7.12. The maximum atomic E-state index is 13.1. The molecule has 4 rings (SSSR count). The van der Waals surface area contributed by atoms with Crippen LogP contribution in [0, 0.1) is 17.7 Å². The minimum absolute atomic E-state index is 0.0381. The van der Waals surface area contributed by atoms with Gasteiger partial charge in [0.25, 0.3) is 0 Å². The van der Waals surface area contributed by atoms with Crippen LogP contribution in [0.2, 0.25) is 0 Å². The molecule has 37 heavy (non-hydrogen) atoms. The number of rotatable bonds is 6. The Labute approximate surface area is 218 Å². The highest BCUT2D eigenvalue weighted by Crippen LogP contribution is 2.23. The molecule has 8 heteroatoms. The van der Waals surface area contributed by atoms with Crippen molar-refractivity contribution in [3.63, 3.8) is 0 Å². The van der Waals surface area contributed by atoms with E-state index in [1.807, 2.05) is 48.5 Å². The number of carbonyl (C=O) groups excluding carboxylic acids is 2. The van der Waals surface area contributed by atoms with E-state index in [1.165, 1.54) is 23.5 Å². The summed E-state index contributed by atoms with van der Waals surface area (Å²) in [6.07, 6.45) is 0.624. The molecule has 2 amide bonds. The molecule has 0 aliphatic rings. The summed E-state index contributed by atoms with van der Waals surface area (Å²) in [5.41, 5.74) is 7.19. The molecule has 0 aliphatic heterocycles. The van der Waals surface area contributed by atoms with Crippen LogP contribution in [0.3, 0.4) is 0 Å². The SMILES string of the molecule is COc1ccc2cc(CC(=O)ON(C(N)=O)[C@H](C)C#Cc3ccc(Cc4ccc(F)cc4)s3)ccc2c1. The third kappa shape index (κ3) is 6.87. The summed E-state index contributed by atoms with van der Waals surface area (Å²) in [5, 5.41) is 2.72. The number of halogens is 1. The van der Waals surface area contributed by atoms with Crippen molar-refractivity contribution in [2.75, 3.05) is 7.11 Å². The van der Waals surface area contributed by atoms with Gasteiger partial charge in [-0.3, -0.25) is 0 Å². The van der Waals surface area contributed by atoms with Crippen molar-refractivity contribution in [1.82, 2.24) is 5.06 Å². The average Bonchev–Trinajstić information content (AvgIpc) is 3.34. The van der Waals surface area contributed by atoms with Gasteiger partial charge in [0, 0.05) is 11.3 Å². The molecule has 188 valence electrons. The summed E-state index contributed by atoms with van der Waals surface area (Å²) in [5.74, 6) is 5.77. The predicted molar refractivity (Wildman–Crippen MR) is 142 cm³/mol. The standard InChI is InChI=1S/C29H25FN2O4S/c1-19(3-12-26-13-14-27(37-26)16-20-5-9-24(30)10-6-20)32(29(31)34)36-28(33)17-21-4-7-23-18-25(35-2)11-8-22(23)15-21/h4-11,13-15,18-19H,16-17H2,1-2H3,(H2,31,34)/t19-/m1/s1. The number of thiophene rings is 1. The molecule has 0 saturated heterocycles. The van der Waals surface area contributed by atoms with E-state index in [4.69, 9.17) is 15.3 Å². The summed E-state index contributed by atoms with van der Waals surface area (Å²) in [6, 6.07) is 19.8. The summed E-state index contributed by atoms with van der Waals surface area (Å²) in [6.45, 7) is 1.63. The summed E-state index contributed by atoms with van der Waals surface area (Å²) in [4.78, 5) is 31.7. The molecule has 0 aliphatic carbocycles. The minimum Gasteiger partial charge on any atom is -0.497 e. The fourth-order valence-corrected chi connectivity index (χ4v) is 4.61. The maximum Gasteiger partial charge on any atom is 0.349 e. The Bertz CT molecular complexity index is 1490. The number of primary amides is 1. The van der Waals surface area contributed by atoms with Gasteiger partial charge in [0.05, 0.1) is 18.4 Å². The monoisotopic (exact) mass is 516 g/mol. The van der Waals surface area contributed by atoms with E-state index in [1.54, 1.807) is 26.2 Å². The van der Waals surface area contributed by atoms with Crippen LogP contribution < -0.4 is 10.5 Å². The molecule has 4 aromatic rings. The van der Waals surface area contributed by atoms with Crippen LogP contribution in [-0.2, 0) is 22.5 Å². The lowest BCUT2D eigenvalue weighted by atomic mass is 10.0. The Morgan fingerprint density at radius 1 is 1.00 bits per heavy atom. The van der Waals surface area contributed by atoms with E-state index in [2.05, 4.69) is 11.8 Å². The number of hydrogen-bond donors (Lipinski definition) is 1. The first kappa shape index (κ1) is 25.7. The van der Waals surface area contributed by atoms with Gasteiger partial charge in [-0.2, -0.15) is 0 Å². The van der Waals surface area contributed by atoms with Gasteiger partial charge in [-0.1, -0.05) is 48.2 Å². The smallest absolute Gasteiger partial charge is 0.349 e. The van der Waals surface area contributed by atoms with E-state index >= 15 is 0 Å². The van der Waals surface area contributed by atoms with Crippen LogP contribution >= 0.6 is 11.3 Å². The Morgan fingerprint density at radius 2 is 1.70 bits per heavy atom. The van der Waals surface area contributed by atoms with E-state index < -0.39 is 18.0 Å². The molecule has 0 fully saturated rings. The number of nitrogens with zero attached hydrogens (tertiary/aromatic N) is 1. The van der Waals surface area contributed by atoms with E-state index in [9.17, 15) is 14.0 Å². The van der Waals surface area contributed by atoms with Gasteiger partial charge in [-0.25, -0.2) is 14.0 Å². The average molecular weight is 517 g/mol. The zero-order valence-corrected chi connectivity index (χ0v) is 21.2. The zero-order valence-electron chi connectivity index (χ0n) is 20.4. The Hall–Kier alpha value is -4.35. The lowest BCUT2D eigenvalue weighted by Crippen LogP contribution is -2.43. The van der Waals surface area contributed by atoms with Gasteiger partial charge in [0.1, 0.15) is 17.6 Å². The van der Waals surface area contributed by atoms with Crippen molar-refractivity contribution in [3.05, 3.63) is 99.5 Å². The number of benzene rings is 3. The van der Waals surface area contributed by atoms with Crippen molar-refractivity contribution in [2.45, 2.75) is 25.8 Å². The second kappa shape index (κ2) is 11.6. The topological polar surface area (TPSA) is 81.9 Å². The number of nitrogens with two attached hydrogens (primary N) is 1. The largest absolute Gasteiger partial charge is 0.497 e. The van der Waals surface area contributed by atoms with Gasteiger partial charge in [-0.05, 0) is 65.2 Å². The van der Waals surface area contributed by atoms with E-state index in [0.717, 1.165) is 42.5 Å². The first-order valence-corrected chi connectivity index (χ1v) is 12.3. The molecule has 0 saturated carbocycles. The molecule has 1 aromatic heterocycles. The van der Waals surface area contributed by atoms with Crippen molar-refractivity contribution in [2.24, 2.45) is 5.73 Å². The van der Waals surface area contributed by atoms with Crippen LogP contribution in [0.1, 0.15) is 27.8 Å². The fraction of sp³-hybridized carbons (Fsp3) is 0.172. The molecule has 1 atom stereocenters. The first-order valence-electron chi connectivity index (χ1n) is 11.5. The highest BCUT2D eigenvalue weighted by atomic mass is 32.1. The van der Waals surface area contributed by atoms with Crippen molar-refractivity contribution in [3.8, 4) is 17.6 Å². The van der Waals surface area contributed by atoms with Crippen molar-refractivity contribution in [1.29, 1.82) is 0 Å². The number of urea groups is 1. The number of fused-ring (bicyclic) bond motifs is 1. The first-order chi connectivity index (χ1) is 17.8. The second-order valence-electron chi connectivity index (χ2n) is 8.37. The molecule has 0 spiro atoms. The van der Waals surface area contributed by atoms with Crippen LogP contribution in [0.25, 0.3) is 10.8 Å². The van der Waals surface area contributed by atoms with E-state index in [-0.39, 0.29) is 12.2 Å². The molecule has 0 bridgehead atoms. The Balaban J connectivity index is 1.38. The molecular formula is C29H25FN2O4S. The summed E-state index contributed by atoms with van der Waals surface area (Å²) in [7, 11) is 1.61. The Morgan fingerprint density at radius 3 is 2.43 bits per heavy atom. The number of hydrogen-bond acceptors (Lipinski definition) is 5. The number of hydroxylamine groups is 2. The van der Waals surface area contributed by atoms with Gasteiger partial charge < -0.3 is 15.3 Å². The zero-order chi connectivity index (χ0) is 26.4. The third-order valence-electron chi connectivity index (χ3n) is 5.59. The van der Waals surface area contributed by atoms with Crippen LogP contribution in [0.4, 0.5) is 9.18 Å². The lowest BCUT2D eigenvalue weighted by Gasteiger charge is -2.21. The maximum absolute atomic E-state index is 13.1. The van der Waals surface area contributed by atoms with Gasteiger partial charge in [0.2, 0.25) is 0 Å². The molecule has 6 nitrogen and oxygen atoms in total. The van der Waals surface area contributed by atoms with E-state index in [0.29, 0.717) is 6.42 Å². The number of amides is 2. The number of ether oxygens (including phenoxy) is 1. The predicted octanol–water partition coefficient (Wildman–Crippen LogP) is 5.46. The normalized spacial score (nSPS) is 11.3. The molecule has 1 heterocycles. The van der Waals surface area contributed by atoms with Gasteiger partial charge in [-0.15, -0.1) is 16.4 Å². The molecule has 2 N–H and O–H groups in total. The highest BCUT2D eigenvalue weighted by Gasteiger charge is 2.21. The second-order valence-corrected chi connectivity index (χ2v) is 9.53. The lowest BCUT2D eigenvalue weighted by molar-refractivity contribution is -0.178. The number of methoxy groups -OCH3 is 1. The summed E-state index contributed by atoms with van der Waals surface area (Å²) < 4.78 is 18.3. The van der Waals surface area contributed by atoms with Crippen LogP contribution in [-0.4, -0.2) is 30.2 Å². The molecule has 3 aromatic carbocycles.